The van der Waals surface area contributed by atoms with Crippen LogP contribution in [0.25, 0.3) is 0 Å². The lowest BCUT2D eigenvalue weighted by molar-refractivity contribution is 0.0689. The second-order valence-corrected chi connectivity index (χ2v) is 5.14. The Morgan fingerprint density at radius 1 is 1.53 bits per heavy atom. The van der Waals surface area contributed by atoms with E-state index in [-0.39, 0.29) is 12.1 Å². The van der Waals surface area contributed by atoms with Crippen molar-refractivity contribution >= 4 is 11.8 Å². The van der Waals surface area contributed by atoms with Crippen molar-refractivity contribution in [2.24, 2.45) is 7.05 Å². The normalized spacial score (nSPS) is 23.7. The van der Waals surface area contributed by atoms with Gasteiger partial charge in [-0.05, 0) is 26.7 Å². The number of carboxylic acids is 1. The highest BCUT2D eigenvalue weighted by atomic mass is 16.5. The summed E-state index contributed by atoms with van der Waals surface area (Å²) in [4.78, 5) is 13.5. The average molecular weight is 267 g/mol. The Balaban J connectivity index is 2.34. The molecule has 0 spiro atoms. The number of ether oxygens (including phenoxy) is 1. The van der Waals surface area contributed by atoms with Crippen molar-refractivity contribution in [2.45, 2.75) is 38.8 Å². The largest absolute Gasteiger partial charge is 0.477 e. The van der Waals surface area contributed by atoms with E-state index in [9.17, 15) is 9.90 Å². The Hall–Kier alpha value is -1.56. The van der Waals surface area contributed by atoms with Crippen molar-refractivity contribution in [1.29, 1.82) is 0 Å². The molecular weight excluding hydrogens is 246 g/mol. The molecule has 1 aromatic rings. The highest BCUT2D eigenvalue weighted by Crippen LogP contribution is 2.30. The van der Waals surface area contributed by atoms with Crippen molar-refractivity contribution in [2.75, 3.05) is 18.6 Å². The molecule has 1 N–H and O–H groups in total. The molecule has 0 aliphatic carbocycles. The minimum absolute atomic E-state index is 0.242. The standard InChI is InChI=1S/C13H21N3O3/c1-8-7-10(19-4)5-6-16(8)12-11(13(17)18)9(2)14-15(12)3/h8,10H,5-7H2,1-4H3,(H,17,18). The molecule has 1 saturated heterocycles. The monoisotopic (exact) mass is 267 g/mol. The van der Waals surface area contributed by atoms with Gasteiger partial charge in [-0.3, -0.25) is 4.68 Å². The number of anilines is 1. The molecule has 1 aliphatic rings. The number of piperidine rings is 1. The molecule has 6 nitrogen and oxygen atoms in total. The van der Waals surface area contributed by atoms with Gasteiger partial charge in [0.1, 0.15) is 11.4 Å². The summed E-state index contributed by atoms with van der Waals surface area (Å²) < 4.78 is 7.06. The van der Waals surface area contributed by atoms with Gasteiger partial charge in [-0.15, -0.1) is 0 Å². The third kappa shape index (κ3) is 2.45. The molecule has 2 rings (SSSR count). The van der Waals surface area contributed by atoms with Gasteiger partial charge in [0.05, 0.1) is 11.8 Å². The van der Waals surface area contributed by atoms with Gasteiger partial charge < -0.3 is 14.7 Å². The first-order valence-corrected chi connectivity index (χ1v) is 6.52. The van der Waals surface area contributed by atoms with E-state index in [1.165, 1.54) is 0 Å². The lowest BCUT2D eigenvalue weighted by atomic mass is 10.00. The molecule has 2 unspecified atom stereocenters. The number of aromatic carboxylic acids is 1. The van der Waals surface area contributed by atoms with Gasteiger partial charge in [0.2, 0.25) is 0 Å². The fourth-order valence-corrected chi connectivity index (χ4v) is 2.88. The molecule has 0 aromatic carbocycles. The van der Waals surface area contributed by atoms with Gasteiger partial charge in [-0.1, -0.05) is 0 Å². The van der Waals surface area contributed by atoms with E-state index in [4.69, 9.17) is 4.74 Å². The van der Waals surface area contributed by atoms with Gasteiger partial charge in [0.25, 0.3) is 0 Å². The number of carbonyl (C=O) groups is 1. The van der Waals surface area contributed by atoms with Crippen molar-refractivity contribution in [3.63, 3.8) is 0 Å². The number of methoxy groups -OCH3 is 1. The van der Waals surface area contributed by atoms with Gasteiger partial charge in [0, 0.05) is 26.7 Å². The zero-order valence-electron chi connectivity index (χ0n) is 11.9. The Bertz CT molecular complexity index is 484. The Labute approximate surface area is 113 Å². The molecule has 2 atom stereocenters. The van der Waals surface area contributed by atoms with Crippen LogP contribution in [0.3, 0.4) is 0 Å². The van der Waals surface area contributed by atoms with Crippen molar-refractivity contribution in [3.8, 4) is 0 Å². The zero-order valence-corrected chi connectivity index (χ0v) is 11.9. The highest BCUT2D eigenvalue weighted by molar-refractivity contribution is 5.95. The Morgan fingerprint density at radius 2 is 2.21 bits per heavy atom. The van der Waals surface area contributed by atoms with Crippen LogP contribution in [0.5, 0.6) is 0 Å². The second-order valence-electron chi connectivity index (χ2n) is 5.14. The summed E-state index contributed by atoms with van der Waals surface area (Å²) >= 11 is 0. The van der Waals surface area contributed by atoms with Crippen LogP contribution in [0, 0.1) is 6.92 Å². The van der Waals surface area contributed by atoms with E-state index in [1.807, 2.05) is 0 Å². The van der Waals surface area contributed by atoms with Crippen LogP contribution in [0.15, 0.2) is 0 Å². The predicted molar refractivity (Wildman–Crippen MR) is 71.7 cm³/mol. The topological polar surface area (TPSA) is 67.6 Å². The van der Waals surface area contributed by atoms with Crippen LogP contribution in [0.1, 0.15) is 35.8 Å². The summed E-state index contributed by atoms with van der Waals surface area (Å²) in [6.07, 6.45) is 2.07. The molecule has 2 heterocycles. The van der Waals surface area contributed by atoms with E-state index < -0.39 is 5.97 Å². The lowest BCUT2D eigenvalue weighted by Gasteiger charge is -2.38. The fourth-order valence-electron chi connectivity index (χ4n) is 2.88. The molecule has 19 heavy (non-hydrogen) atoms. The third-order valence-corrected chi connectivity index (χ3v) is 3.84. The fraction of sp³-hybridized carbons (Fsp3) is 0.692. The molecule has 6 heteroatoms. The summed E-state index contributed by atoms with van der Waals surface area (Å²) in [5.41, 5.74) is 0.872. The number of hydrogen-bond acceptors (Lipinski definition) is 4. The summed E-state index contributed by atoms with van der Waals surface area (Å²) in [6.45, 7) is 4.62. The van der Waals surface area contributed by atoms with E-state index in [0.29, 0.717) is 17.1 Å². The van der Waals surface area contributed by atoms with Crippen LogP contribution in [0.2, 0.25) is 0 Å². The highest BCUT2D eigenvalue weighted by Gasteiger charge is 2.31. The number of aromatic nitrogens is 2. The molecule has 0 saturated carbocycles. The van der Waals surface area contributed by atoms with Crippen molar-refractivity contribution < 1.29 is 14.6 Å². The molecule has 106 valence electrons. The maximum Gasteiger partial charge on any atom is 0.341 e. The van der Waals surface area contributed by atoms with E-state index in [2.05, 4.69) is 16.9 Å². The SMILES string of the molecule is COC1CCN(c2c(C(=O)O)c(C)nn2C)C(C)C1. The summed E-state index contributed by atoms with van der Waals surface area (Å²) in [7, 11) is 3.52. The van der Waals surface area contributed by atoms with E-state index >= 15 is 0 Å². The first-order valence-electron chi connectivity index (χ1n) is 6.52. The summed E-state index contributed by atoms with van der Waals surface area (Å²) in [5, 5.41) is 13.6. The van der Waals surface area contributed by atoms with Gasteiger partial charge >= 0.3 is 5.97 Å². The van der Waals surface area contributed by atoms with E-state index in [1.54, 1.807) is 25.8 Å². The predicted octanol–water partition coefficient (Wildman–Crippen LogP) is 1.43. The first kappa shape index (κ1) is 13.9. The number of hydrogen-bond donors (Lipinski definition) is 1. The number of carboxylic acid groups (broad SMARTS) is 1. The lowest BCUT2D eigenvalue weighted by Crippen LogP contribution is -2.44. The van der Waals surface area contributed by atoms with Crippen LogP contribution < -0.4 is 4.90 Å². The van der Waals surface area contributed by atoms with Crippen LogP contribution in [-0.4, -0.2) is 46.7 Å². The minimum atomic E-state index is -0.915. The Morgan fingerprint density at radius 3 is 2.74 bits per heavy atom. The van der Waals surface area contributed by atoms with Crippen LogP contribution in [0.4, 0.5) is 5.82 Å². The summed E-state index contributed by atoms with van der Waals surface area (Å²) in [5.74, 6) is -0.214. The number of rotatable bonds is 3. The maximum absolute atomic E-state index is 11.4. The second kappa shape index (κ2) is 5.21. The molecular formula is C13H21N3O3. The zero-order chi connectivity index (χ0) is 14.2. The first-order chi connectivity index (χ1) is 8.95. The summed E-state index contributed by atoms with van der Waals surface area (Å²) in [6, 6.07) is 0.242. The quantitative estimate of drug-likeness (QED) is 0.897. The number of nitrogens with zero attached hydrogens (tertiary/aromatic N) is 3. The minimum Gasteiger partial charge on any atom is -0.477 e. The van der Waals surface area contributed by atoms with Crippen molar-refractivity contribution in [3.05, 3.63) is 11.3 Å². The van der Waals surface area contributed by atoms with Gasteiger partial charge in [0.15, 0.2) is 0 Å². The molecule has 1 fully saturated rings. The van der Waals surface area contributed by atoms with Crippen LogP contribution >= 0.6 is 0 Å². The average Bonchev–Trinajstić information content (AvgIpc) is 2.64. The molecule has 0 radical (unpaired) electrons. The maximum atomic E-state index is 11.4. The molecule has 0 bridgehead atoms. The molecule has 1 aromatic heterocycles. The van der Waals surface area contributed by atoms with Gasteiger partial charge in [-0.2, -0.15) is 5.10 Å². The third-order valence-electron chi connectivity index (χ3n) is 3.84. The van der Waals surface area contributed by atoms with Crippen molar-refractivity contribution in [1.82, 2.24) is 9.78 Å². The van der Waals surface area contributed by atoms with Crippen LogP contribution in [-0.2, 0) is 11.8 Å². The Kier molecular flexibility index (Phi) is 3.80. The van der Waals surface area contributed by atoms with E-state index in [0.717, 1.165) is 19.4 Å². The smallest absolute Gasteiger partial charge is 0.341 e. The molecule has 0 amide bonds. The molecule has 1 aliphatic heterocycles. The van der Waals surface area contributed by atoms with Gasteiger partial charge in [-0.25, -0.2) is 4.79 Å². The number of aryl methyl sites for hydroxylation is 2.